The van der Waals surface area contributed by atoms with Crippen LogP contribution in [0.5, 0.6) is 0 Å². The van der Waals surface area contributed by atoms with Gasteiger partial charge in [-0.05, 0) is 12.3 Å². The summed E-state index contributed by atoms with van der Waals surface area (Å²) in [5.41, 5.74) is 0. The highest BCUT2D eigenvalue weighted by molar-refractivity contribution is 4.87. The molecule has 0 radical (unpaired) electrons. The number of terminal acetylenes is 1. The van der Waals surface area contributed by atoms with E-state index in [-0.39, 0.29) is 0 Å². The maximum Gasteiger partial charge on any atom is 0.114 e. The van der Waals surface area contributed by atoms with Gasteiger partial charge in [0.25, 0.3) is 0 Å². The van der Waals surface area contributed by atoms with Crippen molar-refractivity contribution in [3.05, 3.63) is 0 Å². The summed E-state index contributed by atoms with van der Waals surface area (Å²) in [6.45, 7) is 2.13. The van der Waals surface area contributed by atoms with Crippen molar-refractivity contribution >= 4 is 0 Å². The van der Waals surface area contributed by atoms with Crippen LogP contribution in [-0.2, 0) is 4.74 Å². The molecule has 0 N–H and O–H groups in total. The van der Waals surface area contributed by atoms with Crippen LogP contribution in [0.25, 0.3) is 0 Å². The summed E-state index contributed by atoms with van der Waals surface area (Å²) in [5.74, 6) is 0.705. The summed E-state index contributed by atoms with van der Waals surface area (Å²) in [7, 11) is 0. The van der Waals surface area contributed by atoms with E-state index in [0.717, 1.165) is 6.42 Å². The van der Waals surface area contributed by atoms with Crippen LogP contribution >= 0.6 is 0 Å². The smallest absolute Gasteiger partial charge is 0.114 e. The molecule has 0 saturated heterocycles. The van der Waals surface area contributed by atoms with Crippen LogP contribution in [0.3, 0.4) is 0 Å². The highest BCUT2D eigenvalue weighted by Crippen LogP contribution is 2.31. The Balaban J connectivity index is 2.12. The lowest BCUT2D eigenvalue weighted by Crippen LogP contribution is -1.85. The lowest BCUT2D eigenvalue weighted by Gasteiger charge is -1.86. The quantitative estimate of drug-likeness (QED) is 0.442. The molecule has 1 saturated carbocycles. The topological polar surface area (TPSA) is 9.23 Å². The Hall–Kier alpha value is -0.640. The third kappa shape index (κ3) is 0.866. The van der Waals surface area contributed by atoms with Crippen molar-refractivity contribution in [1.29, 1.82) is 0 Å². The minimum Gasteiger partial charge on any atom is -0.443 e. The van der Waals surface area contributed by atoms with Crippen LogP contribution < -0.4 is 0 Å². The van der Waals surface area contributed by atoms with Crippen molar-refractivity contribution in [3.63, 3.8) is 0 Å². The second-order valence-corrected chi connectivity index (χ2v) is 1.99. The van der Waals surface area contributed by atoms with Gasteiger partial charge in [0.05, 0.1) is 0 Å². The van der Waals surface area contributed by atoms with Gasteiger partial charge >= 0.3 is 0 Å². The van der Waals surface area contributed by atoms with E-state index in [2.05, 4.69) is 13.0 Å². The van der Waals surface area contributed by atoms with Crippen molar-refractivity contribution in [3.8, 4) is 12.5 Å². The third-order valence-corrected chi connectivity index (χ3v) is 1.26. The molecule has 0 aromatic rings. The molecule has 1 nitrogen and oxygen atoms in total. The van der Waals surface area contributed by atoms with Gasteiger partial charge in [-0.25, -0.2) is 0 Å². The van der Waals surface area contributed by atoms with Gasteiger partial charge in [0.15, 0.2) is 0 Å². The van der Waals surface area contributed by atoms with Crippen LogP contribution in [0.4, 0.5) is 0 Å². The lowest BCUT2D eigenvalue weighted by atomic mass is 10.5. The van der Waals surface area contributed by atoms with Crippen LogP contribution in [0.2, 0.25) is 0 Å². The molecule has 1 fully saturated rings. The average molecular weight is 96.1 g/mol. The molecule has 0 aliphatic heterocycles. The summed E-state index contributed by atoms with van der Waals surface area (Å²) in [4.78, 5) is 0. The monoisotopic (exact) mass is 96.1 g/mol. The zero-order valence-corrected chi connectivity index (χ0v) is 4.35. The molecule has 0 heterocycles. The Bertz CT molecular complexity index is 101. The molecular weight excluding hydrogens is 88.1 g/mol. The van der Waals surface area contributed by atoms with Crippen molar-refractivity contribution < 1.29 is 4.74 Å². The van der Waals surface area contributed by atoms with Gasteiger partial charge < -0.3 is 4.74 Å². The van der Waals surface area contributed by atoms with Gasteiger partial charge in [0.1, 0.15) is 12.2 Å². The third-order valence-electron chi connectivity index (χ3n) is 1.26. The Labute approximate surface area is 43.7 Å². The Morgan fingerprint density at radius 3 is 2.57 bits per heavy atom. The minimum absolute atomic E-state index is 0.380. The largest absolute Gasteiger partial charge is 0.443 e. The van der Waals surface area contributed by atoms with Crippen molar-refractivity contribution in [2.75, 3.05) is 0 Å². The number of ether oxygens (including phenoxy) is 1. The summed E-state index contributed by atoms with van der Waals surface area (Å²) in [5, 5.41) is 0. The van der Waals surface area contributed by atoms with Crippen molar-refractivity contribution in [1.82, 2.24) is 0 Å². The molecule has 1 aliphatic carbocycles. The van der Waals surface area contributed by atoms with Crippen LogP contribution in [0.15, 0.2) is 0 Å². The van der Waals surface area contributed by atoms with E-state index in [1.54, 1.807) is 0 Å². The predicted molar refractivity (Wildman–Crippen MR) is 27.5 cm³/mol. The molecule has 1 unspecified atom stereocenters. The fourth-order valence-electron chi connectivity index (χ4n) is 0.540. The molecule has 0 spiro atoms. The normalized spacial score (nSPS) is 36.6. The molecule has 1 heteroatoms. The summed E-state index contributed by atoms with van der Waals surface area (Å²) in [6, 6.07) is 0. The first-order chi connectivity index (χ1) is 3.34. The van der Waals surface area contributed by atoms with E-state index in [0.29, 0.717) is 12.0 Å². The summed E-state index contributed by atoms with van der Waals surface area (Å²) in [6.07, 6.45) is 8.54. The standard InChI is InChI=1S/C6H8O/c1-3-7-6-4-5(6)2/h1,5-6H,4H2,2H3/t5-,6?/m1/s1. The molecule has 1 rings (SSSR count). The second kappa shape index (κ2) is 1.46. The zero-order chi connectivity index (χ0) is 5.28. The first kappa shape index (κ1) is 4.52. The maximum absolute atomic E-state index is 4.86. The van der Waals surface area contributed by atoms with Crippen molar-refractivity contribution in [2.24, 2.45) is 5.92 Å². The van der Waals surface area contributed by atoms with Crippen LogP contribution in [0, 0.1) is 18.4 Å². The molecule has 0 bridgehead atoms. The fraction of sp³-hybridized carbons (Fsp3) is 0.667. The summed E-state index contributed by atoms with van der Waals surface area (Å²) < 4.78 is 4.79. The molecule has 0 aromatic heterocycles. The van der Waals surface area contributed by atoms with Crippen LogP contribution in [0.1, 0.15) is 13.3 Å². The molecular formula is C6H8O. The average Bonchev–Trinajstić information content (AvgIpc) is 2.22. The van der Waals surface area contributed by atoms with E-state index in [1.165, 1.54) is 0 Å². The highest BCUT2D eigenvalue weighted by atomic mass is 16.5. The second-order valence-electron chi connectivity index (χ2n) is 1.99. The van der Waals surface area contributed by atoms with Crippen molar-refractivity contribution in [2.45, 2.75) is 19.4 Å². The molecule has 38 valence electrons. The predicted octanol–water partition coefficient (Wildman–Crippen LogP) is 1.00. The molecule has 0 aromatic carbocycles. The van der Waals surface area contributed by atoms with Gasteiger partial charge in [-0.15, -0.1) is 0 Å². The highest BCUT2D eigenvalue weighted by Gasteiger charge is 2.34. The molecule has 2 atom stereocenters. The first-order valence-corrected chi connectivity index (χ1v) is 2.46. The Morgan fingerprint density at radius 2 is 2.43 bits per heavy atom. The van der Waals surface area contributed by atoms with E-state index in [1.807, 2.05) is 0 Å². The van der Waals surface area contributed by atoms with E-state index in [4.69, 9.17) is 11.2 Å². The minimum atomic E-state index is 0.380. The fourth-order valence-corrected chi connectivity index (χ4v) is 0.540. The Morgan fingerprint density at radius 1 is 1.86 bits per heavy atom. The zero-order valence-electron chi connectivity index (χ0n) is 4.35. The summed E-state index contributed by atoms with van der Waals surface area (Å²) >= 11 is 0. The van der Waals surface area contributed by atoms with E-state index < -0.39 is 0 Å². The molecule has 0 amide bonds. The van der Waals surface area contributed by atoms with E-state index >= 15 is 0 Å². The molecule has 1 aliphatic rings. The number of hydrogen-bond donors (Lipinski definition) is 0. The van der Waals surface area contributed by atoms with Crippen LogP contribution in [-0.4, -0.2) is 6.10 Å². The number of hydrogen-bond acceptors (Lipinski definition) is 1. The van der Waals surface area contributed by atoms with E-state index in [9.17, 15) is 0 Å². The van der Waals surface area contributed by atoms with Gasteiger partial charge in [-0.3, -0.25) is 0 Å². The number of rotatable bonds is 1. The SMILES string of the molecule is C#COC1C[C@H]1C. The van der Waals surface area contributed by atoms with Gasteiger partial charge in [-0.1, -0.05) is 13.3 Å². The van der Waals surface area contributed by atoms with Gasteiger partial charge in [0, 0.05) is 0 Å². The Kier molecular flexibility index (Phi) is 0.941. The van der Waals surface area contributed by atoms with Gasteiger partial charge in [-0.2, -0.15) is 0 Å². The first-order valence-electron chi connectivity index (χ1n) is 2.46. The van der Waals surface area contributed by atoms with Gasteiger partial charge in [0.2, 0.25) is 0 Å². The maximum atomic E-state index is 4.86. The molecule has 7 heavy (non-hydrogen) atoms. The lowest BCUT2D eigenvalue weighted by molar-refractivity contribution is 0.249.